The maximum Gasteiger partial charge on any atom is 0.239 e. The number of hydrogen-bond donors (Lipinski definition) is 1. The van der Waals surface area contributed by atoms with E-state index in [2.05, 4.69) is 20.8 Å². The van der Waals surface area contributed by atoms with Crippen LogP contribution in [-0.4, -0.2) is 43.2 Å². The van der Waals surface area contributed by atoms with Gasteiger partial charge in [0.25, 0.3) is 0 Å². The van der Waals surface area contributed by atoms with Crippen LogP contribution in [-0.2, 0) is 9.53 Å². The lowest BCUT2D eigenvalue weighted by Crippen LogP contribution is -2.50. The third-order valence-electron chi connectivity index (χ3n) is 3.66. The van der Waals surface area contributed by atoms with Crippen LogP contribution in [0.1, 0.15) is 40.0 Å². The lowest BCUT2D eigenvalue weighted by Gasteiger charge is -2.32. The molecule has 4 nitrogen and oxygen atoms in total. The van der Waals surface area contributed by atoms with Gasteiger partial charge in [-0.15, -0.1) is 0 Å². The van der Waals surface area contributed by atoms with E-state index < -0.39 is 0 Å². The Morgan fingerprint density at radius 1 is 1.39 bits per heavy atom. The summed E-state index contributed by atoms with van der Waals surface area (Å²) in [5, 5.41) is 0. The summed E-state index contributed by atoms with van der Waals surface area (Å²) in [7, 11) is 1.67. The minimum Gasteiger partial charge on any atom is -0.383 e. The molecule has 0 aromatic carbocycles. The Morgan fingerprint density at radius 2 is 2.00 bits per heavy atom. The zero-order valence-corrected chi connectivity index (χ0v) is 12.2. The van der Waals surface area contributed by atoms with Crippen molar-refractivity contribution in [1.82, 2.24) is 4.90 Å². The molecule has 1 saturated carbocycles. The largest absolute Gasteiger partial charge is 0.383 e. The molecule has 1 aliphatic rings. The van der Waals surface area contributed by atoms with Gasteiger partial charge in [0.2, 0.25) is 5.91 Å². The van der Waals surface area contributed by atoms with Crippen molar-refractivity contribution < 1.29 is 9.53 Å². The zero-order valence-electron chi connectivity index (χ0n) is 12.2. The molecule has 1 amide bonds. The monoisotopic (exact) mass is 256 g/mol. The lowest BCUT2D eigenvalue weighted by atomic mass is 10.0. The first kappa shape index (κ1) is 15.4. The first-order chi connectivity index (χ1) is 8.47. The number of amides is 1. The first-order valence-electron chi connectivity index (χ1n) is 7.02. The van der Waals surface area contributed by atoms with Gasteiger partial charge in [-0.3, -0.25) is 4.79 Å². The number of ether oxygens (including phenoxy) is 1. The van der Waals surface area contributed by atoms with E-state index >= 15 is 0 Å². The summed E-state index contributed by atoms with van der Waals surface area (Å²) in [5.74, 6) is 1.20. The molecule has 1 aliphatic carbocycles. The van der Waals surface area contributed by atoms with Crippen LogP contribution >= 0.6 is 0 Å². The van der Waals surface area contributed by atoms with Crippen LogP contribution in [0.2, 0.25) is 0 Å². The predicted molar refractivity (Wildman–Crippen MR) is 73.2 cm³/mol. The van der Waals surface area contributed by atoms with Gasteiger partial charge in [-0.25, -0.2) is 0 Å². The molecule has 0 radical (unpaired) electrons. The van der Waals surface area contributed by atoms with Crippen LogP contribution in [0.5, 0.6) is 0 Å². The Labute approximate surface area is 111 Å². The topological polar surface area (TPSA) is 55.6 Å². The molecule has 0 aromatic rings. The van der Waals surface area contributed by atoms with Crippen LogP contribution in [0.25, 0.3) is 0 Å². The van der Waals surface area contributed by atoms with Crippen molar-refractivity contribution in [2.24, 2.45) is 17.6 Å². The van der Waals surface area contributed by atoms with Gasteiger partial charge < -0.3 is 15.4 Å². The van der Waals surface area contributed by atoms with Crippen LogP contribution < -0.4 is 5.73 Å². The van der Waals surface area contributed by atoms with Crippen LogP contribution in [0.4, 0.5) is 0 Å². The van der Waals surface area contributed by atoms with E-state index in [1.807, 2.05) is 4.90 Å². The fraction of sp³-hybridized carbons (Fsp3) is 0.929. The molecule has 1 fully saturated rings. The van der Waals surface area contributed by atoms with Gasteiger partial charge in [-0.05, 0) is 38.0 Å². The highest BCUT2D eigenvalue weighted by Crippen LogP contribution is 2.35. The van der Waals surface area contributed by atoms with Crippen molar-refractivity contribution in [3.63, 3.8) is 0 Å². The van der Waals surface area contributed by atoms with Crippen LogP contribution in [0.15, 0.2) is 0 Å². The van der Waals surface area contributed by atoms with Gasteiger partial charge in [0, 0.05) is 19.7 Å². The number of nitrogens with zero attached hydrogens (tertiary/aromatic N) is 1. The Hall–Kier alpha value is -0.610. The van der Waals surface area contributed by atoms with Crippen molar-refractivity contribution in [3.05, 3.63) is 0 Å². The molecule has 0 aliphatic heterocycles. The number of hydrogen-bond acceptors (Lipinski definition) is 3. The van der Waals surface area contributed by atoms with Crippen LogP contribution in [0.3, 0.4) is 0 Å². The third-order valence-corrected chi connectivity index (χ3v) is 3.66. The highest BCUT2D eigenvalue weighted by atomic mass is 16.5. The van der Waals surface area contributed by atoms with E-state index in [0.717, 1.165) is 6.42 Å². The minimum atomic E-state index is -0.372. The van der Waals surface area contributed by atoms with Gasteiger partial charge in [0.15, 0.2) is 0 Å². The molecule has 18 heavy (non-hydrogen) atoms. The lowest BCUT2D eigenvalue weighted by molar-refractivity contribution is -0.136. The number of nitrogens with two attached hydrogens (primary N) is 1. The van der Waals surface area contributed by atoms with Crippen molar-refractivity contribution in [2.45, 2.75) is 52.1 Å². The molecular formula is C14H28N2O2. The maximum absolute atomic E-state index is 12.4. The molecule has 2 N–H and O–H groups in total. The maximum atomic E-state index is 12.4. The standard InChI is InChI=1S/C14H28N2O2/c1-10(2)9-13(15)14(17)16(7-8-18-4)11(3)12-5-6-12/h10-13H,5-9,15H2,1-4H3. The van der Waals surface area contributed by atoms with E-state index in [9.17, 15) is 4.79 Å². The van der Waals surface area contributed by atoms with E-state index in [1.54, 1.807) is 7.11 Å². The summed E-state index contributed by atoms with van der Waals surface area (Å²) >= 11 is 0. The Balaban J connectivity index is 2.59. The number of carbonyl (C=O) groups is 1. The van der Waals surface area contributed by atoms with Crippen molar-refractivity contribution in [1.29, 1.82) is 0 Å². The minimum absolute atomic E-state index is 0.0835. The second-order valence-corrected chi connectivity index (χ2v) is 5.84. The summed E-state index contributed by atoms with van der Waals surface area (Å²) in [5.41, 5.74) is 6.02. The smallest absolute Gasteiger partial charge is 0.239 e. The van der Waals surface area contributed by atoms with E-state index in [4.69, 9.17) is 10.5 Å². The first-order valence-corrected chi connectivity index (χ1v) is 7.02. The highest BCUT2D eigenvalue weighted by Gasteiger charge is 2.35. The van der Waals surface area contributed by atoms with E-state index in [0.29, 0.717) is 31.0 Å². The van der Waals surface area contributed by atoms with Gasteiger partial charge in [-0.2, -0.15) is 0 Å². The molecule has 0 heterocycles. The molecule has 106 valence electrons. The molecule has 0 spiro atoms. The summed E-state index contributed by atoms with van der Waals surface area (Å²) in [6, 6.07) is -0.0751. The molecule has 1 rings (SSSR count). The van der Waals surface area contributed by atoms with Crippen molar-refractivity contribution in [3.8, 4) is 0 Å². The summed E-state index contributed by atoms with van der Waals surface area (Å²) < 4.78 is 5.10. The Morgan fingerprint density at radius 3 is 2.44 bits per heavy atom. The normalized spacial score (nSPS) is 18.8. The Kier molecular flexibility index (Phi) is 6.09. The average molecular weight is 256 g/mol. The molecule has 0 saturated heterocycles. The fourth-order valence-electron chi connectivity index (χ4n) is 2.36. The quantitative estimate of drug-likeness (QED) is 0.718. The predicted octanol–water partition coefficient (Wildman–Crippen LogP) is 1.63. The number of methoxy groups -OCH3 is 1. The summed E-state index contributed by atoms with van der Waals surface area (Å²) in [4.78, 5) is 14.3. The third kappa shape index (κ3) is 4.58. The van der Waals surface area contributed by atoms with Crippen LogP contribution in [0, 0.1) is 11.8 Å². The molecule has 2 atom stereocenters. The number of carbonyl (C=O) groups excluding carboxylic acids is 1. The second kappa shape index (κ2) is 7.10. The highest BCUT2D eigenvalue weighted by molar-refractivity contribution is 5.82. The van der Waals surface area contributed by atoms with Gasteiger partial charge >= 0.3 is 0 Å². The second-order valence-electron chi connectivity index (χ2n) is 5.84. The van der Waals surface area contributed by atoms with E-state index in [1.165, 1.54) is 12.8 Å². The Bertz CT molecular complexity index is 265. The van der Waals surface area contributed by atoms with Gasteiger partial charge in [-0.1, -0.05) is 13.8 Å². The molecule has 0 bridgehead atoms. The summed E-state index contributed by atoms with van der Waals surface area (Å²) in [6.45, 7) is 7.55. The SMILES string of the molecule is COCCN(C(=O)C(N)CC(C)C)C(C)C1CC1. The van der Waals surface area contributed by atoms with Gasteiger partial charge in [0.05, 0.1) is 12.6 Å². The zero-order chi connectivity index (χ0) is 13.7. The average Bonchev–Trinajstić information content (AvgIpc) is 3.11. The van der Waals surface area contributed by atoms with Crippen molar-refractivity contribution >= 4 is 5.91 Å². The molecule has 4 heteroatoms. The van der Waals surface area contributed by atoms with Gasteiger partial charge in [0.1, 0.15) is 0 Å². The molecular weight excluding hydrogens is 228 g/mol. The molecule has 0 aromatic heterocycles. The fourth-order valence-corrected chi connectivity index (χ4v) is 2.36. The van der Waals surface area contributed by atoms with Crippen molar-refractivity contribution in [2.75, 3.05) is 20.3 Å². The summed E-state index contributed by atoms with van der Waals surface area (Å²) in [6.07, 6.45) is 3.22. The number of rotatable bonds is 8. The van der Waals surface area contributed by atoms with E-state index in [-0.39, 0.29) is 11.9 Å². The molecule has 2 unspecified atom stereocenters.